The summed E-state index contributed by atoms with van der Waals surface area (Å²) >= 11 is 0. The fourth-order valence-electron chi connectivity index (χ4n) is 2.84. The minimum absolute atomic E-state index is 0.947. The first-order valence-electron chi connectivity index (χ1n) is 5.35. The molecular formula is C12H20. The minimum Gasteiger partial charge on any atom is -0.0847 e. The highest BCUT2D eigenvalue weighted by Gasteiger charge is 2.36. The van der Waals surface area contributed by atoms with Crippen LogP contribution < -0.4 is 0 Å². The van der Waals surface area contributed by atoms with E-state index in [0.717, 1.165) is 23.7 Å². The van der Waals surface area contributed by atoms with Gasteiger partial charge in [-0.3, -0.25) is 0 Å². The predicted octanol–water partition coefficient (Wildman–Crippen LogP) is 3.63. The molecule has 68 valence electrons. The minimum atomic E-state index is 0.947. The first-order valence-corrected chi connectivity index (χ1v) is 5.35. The highest BCUT2D eigenvalue weighted by Crippen LogP contribution is 2.46. The van der Waals surface area contributed by atoms with Gasteiger partial charge in [-0.25, -0.2) is 0 Å². The standard InChI is InChI=1S/C12H20/c1-8-6-11(7-8)10(3)12-5-4-9(12)2/h4,8,10-12H,5-7H2,1-3H3. The Morgan fingerprint density at radius 2 is 2.08 bits per heavy atom. The van der Waals surface area contributed by atoms with Crippen LogP contribution in [0.25, 0.3) is 0 Å². The zero-order valence-electron chi connectivity index (χ0n) is 8.51. The van der Waals surface area contributed by atoms with Gasteiger partial charge in [-0.2, -0.15) is 0 Å². The molecule has 0 spiro atoms. The van der Waals surface area contributed by atoms with Crippen LogP contribution in [0.5, 0.6) is 0 Å². The second-order valence-corrected chi connectivity index (χ2v) is 4.99. The molecule has 0 heteroatoms. The molecule has 0 bridgehead atoms. The lowest BCUT2D eigenvalue weighted by Crippen LogP contribution is -2.33. The van der Waals surface area contributed by atoms with Crippen molar-refractivity contribution in [1.82, 2.24) is 0 Å². The van der Waals surface area contributed by atoms with Gasteiger partial charge in [-0.05, 0) is 49.9 Å². The van der Waals surface area contributed by atoms with Crippen molar-refractivity contribution < 1.29 is 0 Å². The summed E-state index contributed by atoms with van der Waals surface area (Å²) in [7, 11) is 0. The van der Waals surface area contributed by atoms with Gasteiger partial charge in [-0.1, -0.05) is 25.5 Å². The molecule has 2 aliphatic rings. The van der Waals surface area contributed by atoms with E-state index in [1.807, 2.05) is 0 Å². The zero-order valence-corrected chi connectivity index (χ0v) is 8.51. The maximum absolute atomic E-state index is 2.46. The van der Waals surface area contributed by atoms with Crippen LogP contribution in [0, 0.1) is 23.7 Å². The average Bonchev–Trinajstić information content (AvgIpc) is 1.95. The Morgan fingerprint density at radius 3 is 2.42 bits per heavy atom. The van der Waals surface area contributed by atoms with Crippen LogP contribution in [0.15, 0.2) is 11.6 Å². The summed E-state index contributed by atoms with van der Waals surface area (Å²) in [5.74, 6) is 3.98. The Balaban J connectivity index is 1.85. The molecule has 2 aliphatic carbocycles. The van der Waals surface area contributed by atoms with E-state index >= 15 is 0 Å². The SMILES string of the molecule is CC1=CCC1C(C)C1CC(C)C1. The quantitative estimate of drug-likeness (QED) is 0.547. The van der Waals surface area contributed by atoms with Crippen molar-refractivity contribution >= 4 is 0 Å². The van der Waals surface area contributed by atoms with Gasteiger partial charge in [-0.15, -0.1) is 0 Å². The monoisotopic (exact) mass is 164 g/mol. The summed E-state index contributed by atoms with van der Waals surface area (Å²) in [5, 5.41) is 0. The Morgan fingerprint density at radius 1 is 1.42 bits per heavy atom. The van der Waals surface area contributed by atoms with E-state index in [4.69, 9.17) is 0 Å². The van der Waals surface area contributed by atoms with Crippen LogP contribution in [0.3, 0.4) is 0 Å². The summed E-state index contributed by atoms with van der Waals surface area (Å²) in [4.78, 5) is 0. The molecule has 0 aliphatic heterocycles. The van der Waals surface area contributed by atoms with E-state index in [-0.39, 0.29) is 0 Å². The smallest absolute Gasteiger partial charge is 0.0143 e. The third-order valence-electron chi connectivity index (χ3n) is 4.07. The fourth-order valence-corrected chi connectivity index (χ4v) is 2.84. The van der Waals surface area contributed by atoms with Gasteiger partial charge in [0.15, 0.2) is 0 Å². The van der Waals surface area contributed by atoms with E-state index in [0.29, 0.717) is 0 Å². The molecule has 0 saturated heterocycles. The van der Waals surface area contributed by atoms with Crippen molar-refractivity contribution in [1.29, 1.82) is 0 Å². The lowest BCUT2D eigenvalue weighted by atomic mass is 9.62. The summed E-state index contributed by atoms with van der Waals surface area (Å²) in [6.07, 6.45) is 6.73. The topological polar surface area (TPSA) is 0 Å². The van der Waals surface area contributed by atoms with Crippen molar-refractivity contribution in [3.8, 4) is 0 Å². The molecule has 0 amide bonds. The summed E-state index contributed by atoms with van der Waals surface area (Å²) in [5.41, 5.74) is 1.65. The fraction of sp³-hybridized carbons (Fsp3) is 0.833. The van der Waals surface area contributed by atoms with Crippen LogP contribution >= 0.6 is 0 Å². The Labute approximate surface area is 76.1 Å². The van der Waals surface area contributed by atoms with Gasteiger partial charge in [0.2, 0.25) is 0 Å². The van der Waals surface area contributed by atoms with E-state index in [1.165, 1.54) is 19.3 Å². The van der Waals surface area contributed by atoms with Crippen LogP contribution in [0.2, 0.25) is 0 Å². The second kappa shape index (κ2) is 2.90. The molecule has 0 heterocycles. The maximum Gasteiger partial charge on any atom is -0.0143 e. The number of hydrogen-bond acceptors (Lipinski definition) is 0. The largest absolute Gasteiger partial charge is 0.0847 e. The van der Waals surface area contributed by atoms with Crippen LogP contribution in [0.4, 0.5) is 0 Å². The molecule has 0 aromatic carbocycles. The molecule has 0 aromatic heterocycles. The first kappa shape index (κ1) is 8.34. The lowest BCUT2D eigenvalue weighted by Gasteiger charge is -2.43. The van der Waals surface area contributed by atoms with Gasteiger partial charge in [0.25, 0.3) is 0 Å². The molecule has 1 fully saturated rings. The van der Waals surface area contributed by atoms with Crippen LogP contribution in [0.1, 0.15) is 40.0 Å². The van der Waals surface area contributed by atoms with Gasteiger partial charge < -0.3 is 0 Å². The van der Waals surface area contributed by atoms with Gasteiger partial charge >= 0.3 is 0 Å². The summed E-state index contributed by atoms with van der Waals surface area (Å²) < 4.78 is 0. The van der Waals surface area contributed by atoms with Crippen molar-refractivity contribution in [3.63, 3.8) is 0 Å². The number of rotatable bonds is 2. The van der Waals surface area contributed by atoms with Crippen LogP contribution in [-0.2, 0) is 0 Å². The van der Waals surface area contributed by atoms with Crippen molar-refractivity contribution in [2.45, 2.75) is 40.0 Å². The second-order valence-electron chi connectivity index (χ2n) is 4.99. The molecule has 0 radical (unpaired) electrons. The van der Waals surface area contributed by atoms with Gasteiger partial charge in [0.05, 0.1) is 0 Å². The molecule has 2 unspecified atom stereocenters. The molecule has 1 saturated carbocycles. The predicted molar refractivity (Wildman–Crippen MR) is 52.9 cm³/mol. The molecule has 0 N–H and O–H groups in total. The normalized spacial score (nSPS) is 42.6. The van der Waals surface area contributed by atoms with Crippen LogP contribution in [-0.4, -0.2) is 0 Å². The maximum atomic E-state index is 2.46. The van der Waals surface area contributed by atoms with Crippen molar-refractivity contribution in [3.05, 3.63) is 11.6 Å². The molecular weight excluding hydrogens is 144 g/mol. The van der Waals surface area contributed by atoms with Gasteiger partial charge in [0.1, 0.15) is 0 Å². The molecule has 2 atom stereocenters. The zero-order chi connectivity index (χ0) is 8.72. The Kier molecular flexibility index (Phi) is 2.02. The highest BCUT2D eigenvalue weighted by molar-refractivity contribution is 5.17. The molecule has 12 heavy (non-hydrogen) atoms. The van der Waals surface area contributed by atoms with E-state index in [2.05, 4.69) is 26.8 Å². The number of allylic oxidation sites excluding steroid dienone is 2. The molecule has 0 aromatic rings. The van der Waals surface area contributed by atoms with Crippen molar-refractivity contribution in [2.24, 2.45) is 23.7 Å². The first-order chi connectivity index (χ1) is 5.68. The van der Waals surface area contributed by atoms with Crippen molar-refractivity contribution in [2.75, 3.05) is 0 Å². The van der Waals surface area contributed by atoms with Gasteiger partial charge in [0, 0.05) is 0 Å². The summed E-state index contributed by atoms with van der Waals surface area (Å²) in [6.45, 7) is 7.14. The third-order valence-corrected chi connectivity index (χ3v) is 4.07. The lowest BCUT2D eigenvalue weighted by molar-refractivity contribution is 0.112. The third kappa shape index (κ3) is 1.22. The highest BCUT2D eigenvalue weighted by atomic mass is 14.4. The van der Waals surface area contributed by atoms with E-state index in [1.54, 1.807) is 5.57 Å². The molecule has 0 nitrogen and oxygen atoms in total. The summed E-state index contributed by atoms with van der Waals surface area (Å²) in [6, 6.07) is 0. The molecule has 2 rings (SSSR count). The Hall–Kier alpha value is -0.260. The number of hydrogen-bond donors (Lipinski definition) is 0. The van der Waals surface area contributed by atoms with E-state index < -0.39 is 0 Å². The average molecular weight is 164 g/mol. The van der Waals surface area contributed by atoms with E-state index in [9.17, 15) is 0 Å². The Bertz CT molecular complexity index is 196.